The van der Waals surface area contributed by atoms with Gasteiger partial charge in [-0.15, -0.1) is 0 Å². The van der Waals surface area contributed by atoms with Gasteiger partial charge in [-0.2, -0.15) is 0 Å². The molecule has 0 heterocycles. The zero-order chi connectivity index (χ0) is 11.3. The van der Waals surface area contributed by atoms with Gasteiger partial charge in [-0.1, -0.05) is 29.8 Å². The zero-order valence-electron chi connectivity index (χ0n) is 9.43. The molecule has 2 heteroatoms. The largest absolute Gasteiger partial charge is 0.304 e. The van der Waals surface area contributed by atoms with Crippen LogP contribution in [0.4, 0.5) is 0 Å². The molecule has 0 aromatic heterocycles. The van der Waals surface area contributed by atoms with Crippen molar-refractivity contribution in [3.05, 3.63) is 35.4 Å². The minimum atomic E-state index is 0.388. The van der Waals surface area contributed by atoms with Crippen LogP contribution >= 0.6 is 0 Å². The molecule has 1 rings (SSSR count). The van der Waals surface area contributed by atoms with Crippen molar-refractivity contribution < 1.29 is 0 Å². The molecule has 0 saturated carbocycles. The molecule has 0 fully saturated rings. The molecule has 1 aromatic rings. The van der Waals surface area contributed by atoms with E-state index >= 15 is 0 Å². The first kappa shape index (κ1) is 11.6. The molecule has 0 saturated heterocycles. The van der Waals surface area contributed by atoms with E-state index in [0.717, 1.165) is 12.8 Å². The molecule has 0 amide bonds. The lowest BCUT2D eigenvalue weighted by molar-refractivity contribution is 0.865. The van der Waals surface area contributed by atoms with E-state index in [1.54, 1.807) is 6.92 Å². The first-order valence-electron chi connectivity index (χ1n) is 5.28. The van der Waals surface area contributed by atoms with Crippen LogP contribution in [0.2, 0.25) is 0 Å². The molecule has 1 aromatic carbocycles. The summed E-state index contributed by atoms with van der Waals surface area (Å²) in [5.41, 5.74) is 3.46. The Hall–Kier alpha value is -1.44. The van der Waals surface area contributed by atoms with Crippen LogP contribution in [0.3, 0.4) is 0 Å². The van der Waals surface area contributed by atoms with E-state index in [4.69, 9.17) is 10.8 Å². The van der Waals surface area contributed by atoms with Crippen LogP contribution < -0.4 is 0 Å². The molecule has 2 nitrogen and oxygen atoms in total. The summed E-state index contributed by atoms with van der Waals surface area (Å²) in [7, 11) is 0. The van der Waals surface area contributed by atoms with Gasteiger partial charge in [-0.3, -0.25) is 0 Å². The lowest BCUT2D eigenvalue weighted by Gasteiger charge is -2.03. The summed E-state index contributed by atoms with van der Waals surface area (Å²) in [4.78, 5) is 0. The Morgan fingerprint density at radius 2 is 2.00 bits per heavy atom. The lowest BCUT2D eigenvalue weighted by Crippen LogP contribution is -2.07. The van der Waals surface area contributed by atoms with Gasteiger partial charge in [0.2, 0.25) is 0 Å². The third-order valence-corrected chi connectivity index (χ3v) is 2.43. The average Bonchev–Trinajstić information content (AvgIpc) is 2.17. The monoisotopic (exact) mass is 202 g/mol. The molecule has 0 unspecified atom stereocenters. The Morgan fingerprint density at radius 3 is 2.60 bits per heavy atom. The summed E-state index contributed by atoms with van der Waals surface area (Å²) in [5.74, 6) is 0. The maximum absolute atomic E-state index is 7.53. The Bertz CT molecular complexity index is 367. The lowest BCUT2D eigenvalue weighted by atomic mass is 10.0. The van der Waals surface area contributed by atoms with Crippen molar-refractivity contribution in [2.45, 2.75) is 33.1 Å². The van der Waals surface area contributed by atoms with Crippen molar-refractivity contribution in [2.24, 2.45) is 0 Å². The number of nitrogens with one attached hydrogen (secondary N) is 2. The van der Waals surface area contributed by atoms with E-state index in [0.29, 0.717) is 17.8 Å². The van der Waals surface area contributed by atoms with Gasteiger partial charge < -0.3 is 10.8 Å². The van der Waals surface area contributed by atoms with Crippen molar-refractivity contribution in [3.8, 4) is 0 Å². The molecular formula is C13H18N2. The molecule has 0 spiro atoms. The van der Waals surface area contributed by atoms with E-state index in [9.17, 15) is 0 Å². The molecule has 15 heavy (non-hydrogen) atoms. The summed E-state index contributed by atoms with van der Waals surface area (Å²) in [6.45, 7) is 3.77. The van der Waals surface area contributed by atoms with Gasteiger partial charge in [0.15, 0.2) is 0 Å². The van der Waals surface area contributed by atoms with Gasteiger partial charge in [-0.25, -0.2) is 0 Å². The summed E-state index contributed by atoms with van der Waals surface area (Å²) in [6, 6.07) is 8.46. The number of rotatable bonds is 5. The van der Waals surface area contributed by atoms with Crippen molar-refractivity contribution in [3.63, 3.8) is 0 Å². The molecule has 0 radical (unpaired) electrons. The summed E-state index contributed by atoms with van der Waals surface area (Å²) in [6.07, 6.45) is 2.67. The highest BCUT2D eigenvalue weighted by Gasteiger charge is 2.00. The van der Waals surface area contributed by atoms with Crippen LogP contribution in [0, 0.1) is 17.7 Å². The van der Waals surface area contributed by atoms with Crippen LogP contribution in [0.15, 0.2) is 24.3 Å². The topological polar surface area (TPSA) is 47.7 Å². The maximum Gasteiger partial charge on any atom is 0.0518 e. The highest BCUT2D eigenvalue weighted by atomic mass is 14.5. The predicted octanol–water partition coefficient (Wildman–Crippen LogP) is 3.38. The second-order valence-corrected chi connectivity index (χ2v) is 3.95. The fourth-order valence-corrected chi connectivity index (χ4v) is 1.52. The van der Waals surface area contributed by atoms with Crippen LogP contribution in [0.1, 0.15) is 30.9 Å². The van der Waals surface area contributed by atoms with E-state index in [2.05, 4.69) is 31.2 Å². The number of benzene rings is 1. The average molecular weight is 202 g/mol. The predicted molar refractivity (Wildman–Crippen MR) is 65.2 cm³/mol. The van der Waals surface area contributed by atoms with Gasteiger partial charge in [0.05, 0.1) is 5.71 Å². The fourth-order valence-electron chi connectivity index (χ4n) is 1.52. The third-order valence-electron chi connectivity index (χ3n) is 2.43. The minimum absolute atomic E-state index is 0.388. The Labute approximate surface area is 91.4 Å². The van der Waals surface area contributed by atoms with Crippen molar-refractivity contribution in [2.75, 3.05) is 0 Å². The minimum Gasteiger partial charge on any atom is -0.304 e. The van der Waals surface area contributed by atoms with E-state index < -0.39 is 0 Å². The fraction of sp³-hybridized carbons (Fsp3) is 0.385. The first-order chi connectivity index (χ1) is 7.09. The smallest absolute Gasteiger partial charge is 0.0518 e. The van der Waals surface area contributed by atoms with Crippen LogP contribution in [0.25, 0.3) is 0 Å². The highest BCUT2D eigenvalue weighted by molar-refractivity contribution is 6.38. The molecule has 0 bridgehead atoms. The zero-order valence-corrected chi connectivity index (χ0v) is 9.43. The van der Waals surface area contributed by atoms with Crippen LogP contribution in [0.5, 0.6) is 0 Å². The third kappa shape index (κ3) is 4.07. The summed E-state index contributed by atoms with van der Waals surface area (Å²) < 4.78 is 0. The Balaban J connectivity index is 2.38. The maximum atomic E-state index is 7.53. The molecular weight excluding hydrogens is 184 g/mol. The number of aryl methyl sites for hydroxylation is 2. The second-order valence-electron chi connectivity index (χ2n) is 3.95. The summed E-state index contributed by atoms with van der Waals surface area (Å²) >= 11 is 0. The molecule has 0 aliphatic carbocycles. The number of hydrogen-bond donors (Lipinski definition) is 2. The molecule has 80 valence electrons. The highest BCUT2D eigenvalue weighted by Crippen LogP contribution is 2.08. The molecule has 0 aliphatic heterocycles. The number of hydrogen-bond acceptors (Lipinski definition) is 2. The van der Waals surface area contributed by atoms with Crippen molar-refractivity contribution in [1.82, 2.24) is 0 Å². The standard InChI is InChI=1S/C13H18N2/c1-10-5-3-6-12(9-10)7-4-8-13(15)11(2)14/h3,5-6,9,14-15H,4,7-8H2,1-2H3. The Kier molecular flexibility index (Phi) is 4.22. The van der Waals surface area contributed by atoms with Gasteiger partial charge in [0, 0.05) is 5.71 Å². The SMILES string of the molecule is CC(=N)C(=N)CCCc1cccc(C)c1. The van der Waals surface area contributed by atoms with E-state index in [1.165, 1.54) is 11.1 Å². The molecule has 2 N–H and O–H groups in total. The van der Waals surface area contributed by atoms with E-state index in [1.807, 2.05) is 0 Å². The van der Waals surface area contributed by atoms with Crippen molar-refractivity contribution >= 4 is 11.4 Å². The van der Waals surface area contributed by atoms with Gasteiger partial charge in [-0.05, 0) is 38.7 Å². The van der Waals surface area contributed by atoms with Crippen LogP contribution in [-0.4, -0.2) is 11.4 Å². The molecule has 0 aliphatic rings. The first-order valence-corrected chi connectivity index (χ1v) is 5.28. The summed E-state index contributed by atoms with van der Waals surface area (Å²) in [5, 5.41) is 14.8. The quantitative estimate of drug-likeness (QED) is 0.688. The van der Waals surface area contributed by atoms with Gasteiger partial charge >= 0.3 is 0 Å². The Morgan fingerprint density at radius 1 is 1.27 bits per heavy atom. The van der Waals surface area contributed by atoms with Crippen molar-refractivity contribution in [1.29, 1.82) is 10.8 Å². The van der Waals surface area contributed by atoms with Gasteiger partial charge in [0.25, 0.3) is 0 Å². The normalized spacial score (nSPS) is 10.0. The second kappa shape index (κ2) is 5.44. The molecule has 0 atom stereocenters. The van der Waals surface area contributed by atoms with Gasteiger partial charge in [0.1, 0.15) is 0 Å². The van der Waals surface area contributed by atoms with Crippen LogP contribution in [-0.2, 0) is 6.42 Å². The van der Waals surface area contributed by atoms with E-state index in [-0.39, 0.29) is 0 Å².